The molecule has 0 aromatic carbocycles. The molecule has 16 heavy (non-hydrogen) atoms. The molecule has 0 bridgehead atoms. The van der Waals surface area contributed by atoms with Crippen molar-refractivity contribution in [2.75, 3.05) is 12.4 Å². The second-order valence-corrected chi connectivity index (χ2v) is 3.51. The molecule has 0 atom stereocenters. The Bertz CT molecular complexity index is 489. The van der Waals surface area contributed by atoms with E-state index in [1.54, 1.807) is 6.20 Å². The molecule has 0 amide bonds. The van der Waals surface area contributed by atoms with Gasteiger partial charge in [0.15, 0.2) is 5.82 Å². The number of aromatic nitrogens is 4. The monoisotopic (exact) mass is 217 g/mol. The van der Waals surface area contributed by atoms with Crippen LogP contribution < -0.4 is 5.32 Å². The molecule has 0 aliphatic rings. The van der Waals surface area contributed by atoms with Gasteiger partial charge in [0, 0.05) is 31.7 Å². The first-order valence-corrected chi connectivity index (χ1v) is 5.29. The predicted molar refractivity (Wildman–Crippen MR) is 63.2 cm³/mol. The van der Waals surface area contributed by atoms with E-state index in [-0.39, 0.29) is 0 Å². The second-order valence-electron chi connectivity index (χ2n) is 3.51. The second kappa shape index (κ2) is 4.30. The van der Waals surface area contributed by atoms with Crippen LogP contribution in [0.4, 0.5) is 5.95 Å². The highest BCUT2D eigenvalue weighted by molar-refractivity contribution is 5.52. The third kappa shape index (κ3) is 1.88. The molecular weight excluding hydrogens is 202 g/mol. The van der Waals surface area contributed by atoms with Crippen LogP contribution in [0, 0.1) is 6.92 Å². The molecule has 0 saturated carbocycles. The zero-order valence-electron chi connectivity index (χ0n) is 9.73. The number of nitrogens with one attached hydrogen (secondary N) is 1. The van der Waals surface area contributed by atoms with Gasteiger partial charge in [0.1, 0.15) is 5.69 Å². The minimum absolute atomic E-state index is 0.626. The summed E-state index contributed by atoms with van der Waals surface area (Å²) >= 11 is 0. The van der Waals surface area contributed by atoms with Crippen molar-refractivity contribution in [3.05, 3.63) is 24.2 Å². The standard InChI is InChI=1S/C11H15N5/c1-4-16-6-5-13-10(16)9-7-8(2)14-11(12-3)15-9/h5-7H,4H2,1-3H3,(H,12,14,15). The Morgan fingerprint density at radius 2 is 2.19 bits per heavy atom. The molecule has 0 saturated heterocycles. The molecule has 0 radical (unpaired) electrons. The summed E-state index contributed by atoms with van der Waals surface area (Å²) < 4.78 is 2.06. The summed E-state index contributed by atoms with van der Waals surface area (Å²) in [5, 5.41) is 2.95. The molecule has 0 aliphatic carbocycles. The average molecular weight is 217 g/mol. The maximum atomic E-state index is 4.40. The lowest BCUT2D eigenvalue weighted by molar-refractivity contribution is 0.767. The lowest BCUT2D eigenvalue weighted by atomic mass is 10.3. The first-order chi connectivity index (χ1) is 7.74. The van der Waals surface area contributed by atoms with Crippen LogP contribution in [-0.4, -0.2) is 26.6 Å². The summed E-state index contributed by atoms with van der Waals surface area (Å²) in [5.74, 6) is 1.50. The summed E-state index contributed by atoms with van der Waals surface area (Å²) in [6, 6.07) is 1.94. The highest BCUT2D eigenvalue weighted by atomic mass is 15.1. The van der Waals surface area contributed by atoms with Gasteiger partial charge in [-0.3, -0.25) is 0 Å². The van der Waals surface area contributed by atoms with Gasteiger partial charge in [0.05, 0.1) is 0 Å². The highest BCUT2D eigenvalue weighted by Gasteiger charge is 2.08. The highest BCUT2D eigenvalue weighted by Crippen LogP contribution is 2.17. The molecule has 0 unspecified atom stereocenters. The van der Waals surface area contributed by atoms with Crippen molar-refractivity contribution in [1.82, 2.24) is 19.5 Å². The van der Waals surface area contributed by atoms with Crippen LogP contribution in [0.15, 0.2) is 18.5 Å². The lowest BCUT2D eigenvalue weighted by Gasteiger charge is -2.06. The number of hydrogen-bond donors (Lipinski definition) is 1. The van der Waals surface area contributed by atoms with Crippen LogP contribution in [0.25, 0.3) is 11.5 Å². The summed E-state index contributed by atoms with van der Waals surface area (Å²) in [6.45, 7) is 4.91. The van der Waals surface area contributed by atoms with E-state index >= 15 is 0 Å². The van der Waals surface area contributed by atoms with Crippen molar-refractivity contribution in [2.24, 2.45) is 0 Å². The van der Waals surface area contributed by atoms with Gasteiger partial charge in [-0.25, -0.2) is 15.0 Å². The minimum Gasteiger partial charge on any atom is -0.357 e. The molecule has 1 N–H and O–H groups in total. The number of imidazole rings is 1. The van der Waals surface area contributed by atoms with Crippen LogP contribution in [0.2, 0.25) is 0 Å². The Labute approximate surface area is 94.6 Å². The van der Waals surface area contributed by atoms with E-state index in [2.05, 4.69) is 31.8 Å². The van der Waals surface area contributed by atoms with Crippen LogP contribution in [0.1, 0.15) is 12.6 Å². The van der Waals surface area contributed by atoms with Gasteiger partial charge in [0.2, 0.25) is 5.95 Å². The number of aryl methyl sites for hydroxylation is 2. The smallest absolute Gasteiger partial charge is 0.223 e. The summed E-state index contributed by atoms with van der Waals surface area (Å²) in [7, 11) is 1.81. The van der Waals surface area contributed by atoms with Crippen molar-refractivity contribution >= 4 is 5.95 Å². The quantitative estimate of drug-likeness (QED) is 0.850. The van der Waals surface area contributed by atoms with Gasteiger partial charge in [0.25, 0.3) is 0 Å². The van der Waals surface area contributed by atoms with Crippen LogP contribution >= 0.6 is 0 Å². The summed E-state index contributed by atoms with van der Waals surface area (Å²) in [4.78, 5) is 13.0. The van der Waals surface area contributed by atoms with Crippen molar-refractivity contribution in [1.29, 1.82) is 0 Å². The van der Waals surface area contributed by atoms with Crippen LogP contribution in [0.3, 0.4) is 0 Å². The Morgan fingerprint density at radius 3 is 2.88 bits per heavy atom. The van der Waals surface area contributed by atoms with E-state index in [4.69, 9.17) is 0 Å². The number of anilines is 1. The predicted octanol–water partition coefficient (Wildman–Crippen LogP) is 1.71. The molecule has 0 fully saturated rings. The first-order valence-electron chi connectivity index (χ1n) is 5.29. The maximum Gasteiger partial charge on any atom is 0.223 e. The number of rotatable bonds is 3. The molecule has 2 rings (SSSR count). The number of nitrogens with zero attached hydrogens (tertiary/aromatic N) is 4. The van der Waals surface area contributed by atoms with E-state index in [0.717, 1.165) is 23.8 Å². The molecule has 2 aromatic heterocycles. The molecule has 2 aromatic rings. The fraction of sp³-hybridized carbons (Fsp3) is 0.364. The SMILES string of the molecule is CCn1ccnc1-c1cc(C)nc(NC)n1. The lowest BCUT2D eigenvalue weighted by Crippen LogP contribution is -2.03. The van der Waals surface area contributed by atoms with Gasteiger partial charge in [-0.05, 0) is 19.9 Å². The van der Waals surface area contributed by atoms with Crippen molar-refractivity contribution in [3.63, 3.8) is 0 Å². The van der Waals surface area contributed by atoms with E-state index in [0.29, 0.717) is 5.95 Å². The normalized spacial score (nSPS) is 10.4. The zero-order valence-corrected chi connectivity index (χ0v) is 9.73. The van der Waals surface area contributed by atoms with Gasteiger partial charge in [-0.2, -0.15) is 0 Å². The molecule has 5 nitrogen and oxygen atoms in total. The molecule has 0 spiro atoms. The largest absolute Gasteiger partial charge is 0.357 e. The fourth-order valence-electron chi connectivity index (χ4n) is 1.59. The van der Waals surface area contributed by atoms with Gasteiger partial charge in [-0.15, -0.1) is 0 Å². The van der Waals surface area contributed by atoms with E-state index in [1.165, 1.54) is 0 Å². The van der Waals surface area contributed by atoms with Gasteiger partial charge >= 0.3 is 0 Å². The minimum atomic E-state index is 0.626. The molecule has 0 aliphatic heterocycles. The molecule has 2 heterocycles. The first kappa shape index (κ1) is 10.6. The topological polar surface area (TPSA) is 55.6 Å². The average Bonchev–Trinajstić information content (AvgIpc) is 2.76. The summed E-state index contributed by atoms with van der Waals surface area (Å²) in [5.41, 5.74) is 1.78. The fourth-order valence-corrected chi connectivity index (χ4v) is 1.59. The summed E-state index contributed by atoms with van der Waals surface area (Å²) in [6.07, 6.45) is 3.74. The Morgan fingerprint density at radius 1 is 1.38 bits per heavy atom. The van der Waals surface area contributed by atoms with E-state index in [9.17, 15) is 0 Å². The maximum absolute atomic E-state index is 4.40. The third-order valence-electron chi connectivity index (χ3n) is 2.36. The third-order valence-corrected chi connectivity index (χ3v) is 2.36. The Balaban J connectivity index is 2.51. The van der Waals surface area contributed by atoms with E-state index < -0.39 is 0 Å². The van der Waals surface area contributed by atoms with Crippen molar-refractivity contribution in [3.8, 4) is 11.5 Å². The van der Waals surface area contributed by atoms with Crippen LogP contribution in [0.5, 0.6) is 0 Å². The van der Waals surface area contributed by atoms with Gasteiger partial charge < -0.3 is 9.88 Å². The Hall–Kier alpha value is -1.91. The zero-order chi connectivity index (χ0) is 11.5. The van der Waals surface area contributed by atoms with Crippen molar-refractivity contribution < 1.29 is 0 Å². The number of hydrogen-bond acceptors (Lipinski definition) is 4. The molecule has 84 valence electrons. The molecule has 5 heteroatoms. The van der Waals surface area contributed by atoms with Gasteiger partial charge in [-0.1, -0.05) is 0 Å². The van der Waals surface area contributed by atoms with E-state index in [1.807, 2.05) is 26.2 Å². The van der Waals surface area contributed by atoms with Crippen LogP contribution in [-0.2, 0) is 6.54 Å². The Kier molecular flexibility index (Phi) is 2.85. The van der Waals surface area contributed by atoms with Crippen molar-refractivity contribution in [2.45, 2.75) is 20.4 Å². The molecular formula is C11H15N5.